The molecule has 0 bridgehead atoms. The van der Waals surface area contributed by atoms with Gasteiger partial charge in [-0.3, -0.25) is 4.79 Å². The molecule has 0 aromatic heterocycles. The summed E-state index contributed by atoms with van der Waals surface area (Å²) in [5.41, 5.74) is 1.53. The summed E-state index contributed by atoms with van der Waals surface area (Å²) in [6, 6.07) is 5.60. The second kappa shape index (κ2) is 5.40. The van der Waals surface area contributed by atoms with E-state index in [-0.39, 0.29) is 11.9 Å². The normalized spacial score (nSPS) is 22.8. The fourth-order valence-corrected chi connectivity index (χ4v) is 2.17. The molecule has 2 atom stereocenters. The number of rotatable bonds is 3. The number of nitrogens with one attached hydrogen (secondary N) is 1. The number of hydrogen-bond donors (Lipinski definition) is 1. The average molecular weight is 249 g/mol. The van der Waals surface area contributed by atoms with Gasteiger partial charge in [-0.1, -0.05) is 13.0 Å². The summed E-state index contributed by atoms with van der Waals surface area (Å²) in [5, 5.41) is 3.02. The van der Waals surface area contributed by atoms with Crippen molar-refractivity contribution >= 4 is 5.91 Å². The van der Waals surface area contributed by atoms with Crippen molar-refractivity contribution in [3.05, 3.63) is 29.3 Å². The molecule has 1 N–H and O–H groups in total. The topological polar surface area (TPSA) is 47.6 Å². The van der Waals surface area contributed by atoms with E-state index in [1.54, 1.807) is 7.11 Å². The molecule has 2 unspecified atom stereocenters. The summed E-state index contributed by atoms with van der Waals surface area (Å²) < 4.78 is 10.6. The largest absolute Gasteiger partial charge is 0.496 e. The minimum atomic E-state index is -0.0613. The average Bonchev–Trinajstić information content (AvgIpc) is 2.75. The molecule has 0 aliphatic carbocycles. The first kappa shape index (κ1) is 12.9. The van der Waals surface area contributed by atoms with Crippen molar-refractivity contribution < 1.29 is 14.3 Å². The number of carbonyl (C=O) groups is 1. The summed E-state index contributed by atoms with van der Waals surface area (Å²) in [4.78, 5) is 12.2. The quantitative estimate of drug-likeness (QED) is 0.888. The lowest BCUT2D eigenvalue weighted by Crippen LogP contribution is -2.39. The first-order valence-electron chi connectivity index (χ1n) is 6.15. The van der Waals surface area contributed by atoms with E-state index in [1.807, 2.05) is 25.1 Å². The molecule has 0 saturated carbocycles. The van der Waals surface area contributed by atoms with Crippen LogP contribution in [0.25, 0.3) is 0 Å². The fraction of sp³-hybridized carbons (Fsp3) is 0.500. The second-order valence-electron chi connectivity index (χ2n) is 4.73. The molecule has 2 rings (SSSR count). The molecule has 0 radical (unpaired) electrons. The third-order valence-corrected chi connectivity index (χ3v) is 3.43. The van der Waals surface area contributed by atoms with E-state index in [1.165, 1.54) is 0 Å². The molecule has 98 valence electrons. The fourth-order valence-electron chi connectivity index (χ4n) is 2.17. The zero-order chi connectivity index (χ0) is 13.1. The zero-order valence-corrected chi connectivity index (χ0v) is 11.0. The Morgan fingerprint density at radius 3 is 2.83 bits per heavy atom. The minimum absolute atomic E-state index is 0.0613. The van der Waals surface area contributed by atoms with Crippen molar-refractivity contribution in [3.63, 3.8) is 0 Å². The van der Waals surface area contributed by atoms with Crippen molar-refractivity contribution in [2.75, 3.05) is 20.3 Å². The number of ether oxygens (including phenoxy) is 2. The summed E-state index contributed by atoms with van der Waals surface area (Å²) in [6.45, 7) is 5.27. The van der Waals surface area contributed by atoms with Gasteiger partial charge >= 0.3 is 0 Å². The number of carbonyl (C=O) groups excluding carboxylic acids is 1. The Hall–Kier alpha value is -1.55. The lowest BCUT2D eigenvalue weighted by molar-refractivity contribution is 0.0925. The standard InChI is InChI=1S/C14H19NO3/c1-9-7-18-8-12(9)15-14(16)11-5-4-6-13(17-3)10(11)2/h4-6,9,12H,7-8H2,1-3H3,(H,15,16). The number of amides is 1. The third kappa shape index (κ3) is 2.48. The molecule has 1 aromatic rings. The highest BCUT2D eigenvalue weighted by atomic mass is 16.5. The van der Waals surface area contributed by atoms with Gasteiger partial charge in [0, 0.05) is 17.0 Å². The van der Waals surface area contributed by atoms with Gasteiger partial charge < -0.3 is 14.8 Å². The minimum Gasteiger partial charge on any atom is -0.496 e. The Labute approximate surface area is 107 Å². The molecule has 4 heteroatoms. The van der Waals surface area contributed by atoms with Crippen molar-refractivity contribution in [3.8, 4) is 5.75 Å². The molecule has 18 heavy (non-hydrogen) atoms. The van der Waals surface area contributed by atoms with Gasteiger partial charge in [-0.05, 0) is 19.1 Å². The molecule has 1 aliphatic heterocycles. The van der Waals surface area contributed by atoms with Crippen LogP contribution in [0.2, 0.25) is 0 Å². The number of benzene rings is 1. The highest BCUT2D eigenvalue weighted by Gasteiger charge is 2.26. The van der Waals surface area contributed by atoms with Crippen molar-refractivity contribution in [1.82, 2.24) is 5.32 Å². The second-order valence-corrected chi connectivity index (χ2v) is 4.73. The van der Waals surface area contributed by atoms with Crippen LogP contribution >= 0.6 is 0 Å². The van der Waals surface area contributed by atoms with Crippen LogP contribution < -0.4 is 10.1 Å². The maximum Gasteiger partial charge on any atom is 0.251 e. The highest BCUT2D eigenvalue weighted by Crippen LogP contribution is 2.21. The van der Waals surface area contributed by atoms with E-state index >= 15 is 0 Å². The van der Waals surface area contributed by atoms with Gasteiger partial charge in [0.25, 0.3) is 5.91 Å². The van der Waals surface area contributed by atoms with Gasteiger partial charge in [0.2, 0.25) is 0 Å². The number of methoxy groups -OCH3 is 1. The van der Waals surface area contributed by atoms with Crippen molar-refractivity contribution in [2.24, 2.45) is 5.92 Å². The van der Waals surface area contributed by atoms with E-state index in [0.29, 0.717) is 24.7 Å². The van der Waals surface area contributed by atoms with Gasteiger partial charge in [0.15, 0.2) is 0 Å². The van der Waals surface area contributed by atoms with E-state index < -0.39 is 0 Å². The van der Waals surface area contributed by atoms with Gasteiger partial charge in [0.05, 0.1) is 26.4 Å². The Kier molecular flexibility index (Phi) is 3.87. The van der Waals surface area contributed by atoms with Crippen LogP contribution in [-0.2, 0) is 4.74 Å². The van der Waals surface area contributed by atoms with E-state index in [0.717, 1.165) is 11.3 Å². The maximum absolute atomic E-state index is 12.2. The van der Waals surface area contributed by atoms with Crippen LogP contribution in [0.1, 0.15) is 22.8 Å². The van der Waals surface area contributed by atoms with Crippen molar-refractivity contribution in [2.45, 2.75) is 19.9 Å². The van der Waals surface area contributed by atoms with Crippen LogP contribution in [0.15, 0.2) is 18.2 Å². The third-order valence-electron chi connectivity index (χ3n) is 3.43. The van der Waals surface area contributed by atoms with Crippen LogP contribution in [0.5, 0.6) is 5.75 Å². The highest BCUT2D eigenvalue weighted by molar-refractivity contribution is 5.96. The van der Waals surface area contributed by atoms with E-state index in [9.17, 15) is 4.79 Å². The molecular formula is C14H19NO3. The van der Waals surface area contributed by atoms with Crippen LogP contribution in [0.4, 0.5) is 0 Å². The first-order valence-corrected chi connectivity index (χ1v) is 6.15. The Morgan fingerprint density at radius 2 is 2.22 bits per heavy atom. The lowest BCUT2D eigenvalue weighted by Gasteiger charge is -2.17. The predicted molar refractivity (Wildman–Crippen MR) is 69.0 cm³/mol. The summed E-state index contributed by atoms with van der Waals surface area (Å²) in [6.07, 6.45) is 0. The van der Waals surface area contributed by atoms with Crippen molar-refractivity contribution in [1.29, 1.82) is 0 Å². The predicted octanol–water partition coefficient (Wildman–Crippen LogP) is 1.77. The zero-order valence-electron chi connectivity index (χ0n) is 11.0. The Bertz CT molecular complexity index is 445. The van der Waals surface area contributed by atoms with E-state index in [4.69, 9.17) is 9.47 Å². The monoisotopic (exact) mass is 249 g/mol. The van der Waals surface area contributed by atoms with Crippen LogP contribution in [0, 0.1) is 12.8 Å². The molecular weight excluding hydrogens is 230 g/mol. The molecule has 1 fully saturated rings. The van der Waals surface area contributed by atoms with Crippen LogP contribution in [0.3, 0.4) is 0 Å². The Balaban J connectivity index is 2.13. The van der Waals surface area contributed by atoms with E-state index in [2.05, 4.69) is 12.2 Å². The molecule has 1 saturated heterocycles. The molecule has 1 aromatic carbocycles. The molecule has 1 aliphatic rings. The SMILES string of the molecule is COc1cccc(C(=O)NC2COCC2C)c1C. The lowest BCUT2D eigenvalue weighted by atomic mass is 10.0. The smallest absolute Gasteiger partial charge is 0.251 e. The van der Waals surface area contributed by atoms with Gasteiger partial charge in [-0.25, -0.2) is 0 Å². The summed E-state index contributed by atoms with van der Waals surface area (Å²) in [5.74, 6) is 1.03. The summed E-state index contributed by atoms with van der Waals surface area (Å²) >= 11 is 0. The van der Waals surface area contributed by atoms with Gasteiger partial charge in [0.1, 0.15) is 5.75 Å². The Morgan fingerprint density at radius 1 is 1.44 bits per heavy atom. The van der Waals surface area contributed by atoms with Gasteiger partial charge in [-0.15, -0.1) is 0 Å². The molecule has 1 heterocycles. The molecule has 0 spiro atoms. The maximum atomic E-state index is 12.2. The molecule has 1 amide bonds. The summed E-state index contributed by atoms with van der Waals surface area (Å²) in [7, 11) is 1.61. The van der Waals surface area contributed by atoms with Gasteiger partial charge in [-0.2, -0.15) is 0 Å². The molecule has 4 nitrogen and oxygen atoms in total. The van der Waals surface area contributed by atoms with Crippen LogP contribution in [-0.4, -0.2) is 32.3 Å². The number of hydrogen-bond acceptors (Lipinski definition) is 3. The first-order chi connectivity index (χ1) is 8.63.